The van der Waals surface area contributed by atoms with E-state index in [1.165, 1.54) is 4.90 Å². The molecule has 2 heterocycles. The first-order valence-corrected chi connectivity index (χ1v) is 8.74. The molecule has 0 unspecified atom stereocenters. The monoisotopic (exact) mass is 365 g/mol. The molecule has 27 heavy (non-hydrogen) atoms. The smallest absolute Gasteiger partial charge is 0.238 e. The summed E-state index contributed by atoms with van der Waals surface area (Å²) in [4.78, 5) is 18.3. The number of pyridine rings is 1. The number of nitriles is 2. The normalized spacial score (nSPS) is 19.0. The molecule has 1 aromatic rings. The quantitative estimate of drug-likeness (QED) is 0.767. The molecule has 1 saturated heterocycles. The largest absolute Gasteiger partial charge is 0.475 e. The number of aryl methyl sites for hydroxylation is 1. The summed E-state index contributed by atoms with van der Waals surface area (Å²) in [6, 6.07) is 6.79. The maximum Gasteiger partial charge on any atom is 0.238 e. The number of carbonyl (C=O) groups excluding carboxylic acids is 1. The van der Waals surface area contributed by atoms with Crippen molar-refractivity contribution in [2.24, 2.45) is 0 Å². The third kappa shape index (κ3) is 4.97. The lowest BCUT2D eigenvalue weighted by Gasteiger charge is -2.29. The highest BCUT2D eigenvalue weighted by atomic mass is 16.5. The summed E-state index contributed by atoms with van der Waals surface area (Å²) in [5, 5.41) is 21.5. The fourth-order valence-electron chi connectivity index (χ4n) is 2.88. The number of nitrogens with one attached hydrogen (secondary N) is 1. The lowest BCUT2D eigenvalue weighted by atomic mass is 10.1. The molecule has 0 spiro atoms. The maximum absolute atomic E-state index is 12.6. The van der Waals surface area contributed by atoms with Gasteiger partial charge in [-0.05, 0) is 45.7 Å². The van der Waals surface area contributed by atoms with Crippen LogP contribution in [0, 0.1) is 41.9 Å². The van der Waals surface area contributed by atoms with Gasteiger partial charge in [-0.2, -0.15) is 10.5 Å². The van der Waals surface area contributed by atoms with Gasteiger partial charge in [0.2, 0.25) is 11.8 Å². The summed E-state index contributed by atoms with van der Waals surface area (Å²) in [5.74, 6) is 2.65. The van der Waals surface area contributed by atoms with Crippen molar-refractivity contribution in [2.75, 3.05) is 13.2 Å². The van der Waals surface area contributed by atoms with Crippen molar-refractivity contribution in [1.29, 1.82) is 10.5 Å². The van der Waals surface area contributed by atoms with Gasteiger partial charge in [-0.3, -0.25) is 4.79 Å². The molecule has 1 fully saturated rings. The van der Waals surface area contributed by atoms with Gasteiger partial charge in [-0.25, -0.2) is 4.98 Å². The van der Waals surface area contributed by atoms with Crippen molar-refractivity contribution < 1.29 is 9.53 Å². The number of aromatic nitrogens is 1. The number of amides is 1. The fourth-order valence-corrected chi connectivity index (χ4v) is 2.88. The van der Waals surface area contributed by atoms with Gasteiger partial charge in [0, 0.05) is 11.2 Å². The van der Waals surface area contributed by atoms with Crippen LogP contribution in [0.3, 0.4) is 0 Å². The first kappa shape index (κ1) is 20.2. The lowest BCUT2D eigenvalue weighted by Crippen LogP contribution is -2.51. The van der Waals surface area contributed by atoms with Crippen molar-refractivity contribution >= 4 is 5.91 Å². The van der Waals surface area contributed by atoms with E-state index < -0.39 is 11.6 Å². The number of terminal acetylenes is 1. The molecule has 0 aromatic carbocycles. The van der Waals surface area contributed by atoms with E-state index in [0.717, 1.165) is 5.69 Å². The van der Waals surface area contributed by atoms with Crippen LogP contribution in [0.15, 0.2) is 12.1 Å². The van der Waals surface area contributed by atoms with E-state index >= 15 is 0 Å². The second-order valence-corrected chi connectivity index (χ2v) is 7.15. The summed E-state index contributed by atoms with van der Waals surface area (Å²) >= 11 is 0. The highest BCUT2D eigenvalue weighted by molar-refractivity contribution is 5.80. The summed E-state index contributed by atoms with van der Waals surface area (Å²) in [5.41, 5.74) is 0.557. The predicted octanol–water partition coefficient (Wildman–Crippen LogP) is 1.53. The SMILES string of the molecule is C#C[C@H]1CC[C@H](C#N)N1C(=O)CNC(C)(C)COc1nc(C)ccc1C#N. The molecule has 7 heteroatoms. The van der Waals surface area contributed by atoms with E-state index in [9.17, 15) is 10.1 Å². The van der Waals surface area contributed by atoms with Gasteiger partial charge in [0.1, 0.15) is 24.3 Å². The molecule has 0 bridgehead atoms. The van der Waals surface area contributed by atoms with Crippen molar-refractivity contribution in [3.8, 4) is 30.4 Å². The first-order valence-electron chi connectivity index (χ1n) is 8.74. The third-order valence-electron chi connectivity index (χ3n) is 4.42. The van der Waals surface area contributed by atoms with Crippen LogP contribution in [0.1, 0.15) is 37.9 Å². The minimum absolute atomic E-state index is 0.0407. The summed E-state index contributed by atoms with van der Waals surface area (Å²) in [6.45, 7) is 5.84. The Hall–Kier alpha value is -3.08. The molecule has 2 atom stereocenters. The average molecular weight is 365 g/mol. The van der Waals surface area contributed by atoms with Crippen LogP contribution >= 0.6 is 0 Å². The number of nitrogens with zero attached hydrogens (tertiary/aromatic N) is 4. The molecule has 0 aliphatic carbocycles. The standard InChI is InChI=1S/C20H23N5O2/c1-5-16-8-9-17(11-22)25(16)18(26)12-23-20(3,4)13-27-19-15(10-21)7-6-14(2)24-19/h1,6-7,16-17,23H,8-9,12-13H2,2-4H3/t16-,17+/m0/s1. The second kappa shape index (κ2) is 8.54. The molecule has 140 valence electrons. The Morgan fingerprint density at radius 1 is 1.41 bits per heavy atom. The van der Waals surface area contributed by atoms with Crippen molar-refractivity contribution in [1.82, 2.24) is 15.2 Å². The van der Waals surface area contributed by atoms with Crippen LogP contribution in [0.2, 0.25) is 0 Å². The van der Waals surface area contributed by atoms with E-state index in [4.69, 9.17) is 16.4 Å². The van der Waals surface area contributed by atoms with E-state index in [0.29, 0.717) is 18.4 Å². The number of rotatable bonds is 6. The van der Waals surface area contributed by atoms with E-state index in [1.807, 2.05) is 20.8 Å². The molecule has 1 aromatic heterocycles. The zero-order valence-electron chi connectivity index (χ0n) is 15.8. The van der Waals surface area contributed by atoms with Crippen LogP contribution in [-0.2, 0) is 4.79 Å². The Labute approximate surface area is 159 Å². The Balaban J connectivity index is 1.96. The topological polar surface area (TPSA) is 102 Å². The molecule has 1 N–H and O–H groups in total. The first-order chi connectivity index (χ1) is 12.8. The average Bonchev–Trinajstić information content (AvgIpc) is 3.08. The highest BCUT2D eigenvalue weighted by Crippen LogP contribution is 2.23. The van der Waals surface area contributed by atoms with Crippen molar-refractivity contribution in [2.45, 2.75) is 51.2 Å². The third-order valence-corrected chi connectivity index (χ3v) is 4.42. The second-order valence-electron chi connectivity index (χ2n) is 7.15. The number of ether oxygens (including phenoxy) is 1. The van der Waals surface area contributed by atoms with E-state index in [2.05, 4.69) is 28.4 Å². The Bertz CT molecular complexity index is 806. The molecular formula is C20H23N5O2. The van der Waals surface area contributed by atoms with Gasteiger partial charge >= 0.3 is 0 Å². The highest BCUT2D eigenvalue weighted by Gasteiger charge is 2.36. The Morgan fingerprint density at radius 2 is 2.11 bits per heavy atom. The zero-order chi connectivity index (χ0) is 20.0. The summed E-state index contributed by atoms with van der Waals surface area (Å²) < 4.78 is 5.71. The Morgan fingerprint density at radius 3 is 2.74 bits per heavy atom. The predicted molar refractivity (Wildman–Crippen MR) is 99.4 cm³/mol. The van der Waals surface area contributed by atoms with Crippen LogP contribution in [0.25, 0.3) is 0 Å². The molecule has 7 nitrogen and oxygen atoms in total. The van der Waals surface area contributed by atoms with Gasteiger partial charge in [0.05, 0.1) is 18.7 Å². The molecule has 1 aliphatic rings. The number of likely N-dealkylation sites (tertiary alicyclic amines) is 1. The van der Waals surface area contributed by atoms with Gasteiger partial charge in [-0.1, -0.05) is 5.92 Å². The van der Waals surface area contributed by atoms with Gasteiger partial charge in [-0.15, -0.1) is 6.42 Å². The van der Waals surface area contributed by atoms with Crippen LogP contribution < -0.4 is 10.1 Å². The number of carbonyl (C=O) groups is 1. The van der Waals surface area contributed by atoms with Crippen LogP contribution in [0.5, 0.6) is 5.88 Å². The summed E-state index contributed by atoms with van der Waals surface area (Å²) in [6.07, 6.45) is 6.72. The van der Waals surface area contributed by atoms with Gasteiger partial charge < -0.3 is 15.0 Å². The molecule has 2 rings (SSSR count). The zero-order valence-corrected chi connectivity index (χ0v) is 15.8. The number of hydrogen-bond donors (Lipinski definition) is 1. The van der Waals surface area contributed by atoms with Crippen LogP contribution in [0.4, 0.5) is 0 Å². The Kier molecular flexibility index (Phi) is 6.40. The van der Waals surface area contributed by atoms with E-state index in [-0.39, 0.29) is 31.0 Å². The van der Waals surface area contributed by atoms with Crippen molar-refractivity contribution in [3.63, 3.8) is 0 Å². The molecule has 1 amide bonds. The fraction of sp³-hybridized carbons (Fsp3) is 0.500. The summed E-state index contributed by atoms with van der Waals surface area (Å²) in [7, 11) is 0. The molecular weight excluding hydrogens is 342 g/mol. The minimum Gasteiger partial charge on any atom is -0.475 e. The molecule has 0 saturated carbocycles. The van der Waals surface area contributed by atoms with Gasteiger partial charge in [0.15, 0.2) is 0 Å². The van der Waals surface area contributed by atoms with Crippen LogP contribution in [-0.4, -0.2) is 46.6 Å². The van der Waals surface area contributed by atoms with Gasteiger partial charge in [0.25, 0.3) is 0 Å². The minimum atomic E-state index is -0.554. The molecule has 1 aliphatic heterocycles. The van der Waals surface area contributed by atoms with E-state index in [1.54, 1.807) is 12.1 Å². The van der Waals surface area contributed by atoms with Crippen molar-refractivity contribution in [3.05, 3.63) is 23.4 Å². The lowest BCUT2D eigenvalue weighted by molar-refractivity contribution is -0.131. The number of hydrogen-bond acceptors (Lipinski definition) is 6. The molecule has 0 radical (unpaired) electrons. The maximum atomic E-state index is 12.6.